The first-order chi connectivity index (χ1) is 7.15. The lowest BCUT2D eigenvalue weighted by atomic mass is 9.91. The lowest BCUT2D eigenvalue weighted by molar-refractivity contribution is 0.307. The van der Waals surface area contributed by atoms with Crippen LogP contribution >= 0.6 is 0 Å². The highest BCUT2D eigenvalue weighted by Gasteiger charge is 2.24. The lowest BCUT2D eigenvalue weighted by Gasteiger charge is -2.33. The van der Waals surface area contributed by atoms with Gasteiger partial charge in [-0.3, -0.25) is 0 Å². The van der Waals surface area contributed by atoms with Crippen LogP contribution in [0.2, 0.25) is 0 Å². The van der Waals surface area contributed by atoms with Gasteiger partial charge in [-0.1, -0.05) is 12.1 Å². The van der Waals surface area contributed by atoms with E-state index >= 15 is 0 Å². The van der Waals surface area contributed by atoms with Crippen molar-refractivity contribution in [3.63, 3.8) is 0 Å². The maximum atomic E-state index is 12.8. The van der Waals surface area contributed by atoms with Crippen molar-refractivity contribution in [2.24, 2.45) is 5.73 Å². The molecule has 0 aliphatic carbocycles. The predicted octanol–water partition coefficient (Wildman–Crippen LogP) is 1.97. The Hall–Kier alpha value is -0.930. The fourth-order valence-electron chi connectivity index (χ4n) is 2.26. The molecule has 0 saturated carbocycles. The molecule has 1 aromatic rings. The Morgan fingerprint density at radius 2 is 1.93 bits per heavy atom. The number of benzene rings is 1. The van der Waals surface area contributed by atoms with Gasteiger partial charge in [0.1, 0.15) is 5.82 Å². The number of nitrogens with two attached hydrogens (primary N) is 1. The Bertz CT molecular complexity index is 313. The van der Waals surface area contributed by atoms with E-state index in [1.165, 1.54) is 12.1 Å². The molecule has 3 N–H and O–H groups in total. The molecule has 2 nitrogen and oxygen atoms in total. The number of hydrogen-bond donors (Lipinski definition) is 2. The minimum Gasteiger partial charge on any atom is -0.328 e. The zero-order valence-electron chi connectivity index (χ0n) is 8.91. The second kappa shape index (κ2) is 4.29. The number of hydrogen-bond acceptors (Lipinski definition) is 2. The predicted molar refractivity (Wildman–Crippen MR) is 58.9 cm³/mol. The molecule has 3 atom stereocenters. The van der Waals surface area contributed by atoms with Crippen LogP contribution in [0.5, 0.6) is 0 Å². The highest BCUT2D eigenvalue weighted by Crippen LogP contribution is 2.24. The number of nitrogens with one attached hydrogen (secondary N) is 1. The molecule has 1 aromatic carbocycles. The fourth-order valence-corrected chi connectivity index (χ4v) is 2.26. The summed E-state index contributed by atoms with van der Waals surface area (Å²) in [5.74, 6) is -0.188. The van der Waals surface area contributed by atoms with E-state index in [2.05, 4.69) is 12.2 Å². The molecular formula is C12H17FN2. The molecule has 0 spiro atoms. The van der Waals surface area contributed by atoms with E-state index < -0.39 is 0 Å². The molecule has 1 saturated heterocycles. The smallest absolute Gasteiger partial charge is 0.123 e. The maximum Gasteiger partial charge on any atom is 0.123 e. The van der Waals surface area contributed by atoms with Gasteiger partial charge in [-0.15, -0.1) is 0 Å². The molecule has 1 aliphatic heterocycles. The second-order valence-electron chi connectivity index (χ2n) is 4.40. The Morgan fingerprint density at radius 1 is 1.27 bits per heavy atom. The molecule has 1 aliphatic rings. The van der Waals surface area contributed by atoms with Crippen LogP contribution < -0.4 is 11.1 Å². The van der Waals surface area contributed by atoms with Crippen molar-refractivity contribution in [3.8, 4) is 0 Å². The maximum absolute atomic E-state index is 12.8. The Kier molecular flexibility index (Phi) is 3.03. The third-order valence-corrected chi connectivity index (χ3v) is 2.95. The first-order valence-electron chi connectivity index (χ1n) is 5.42. The summed E-state index contributed by atoms with van der Waals surface area (Å²) in [6, 6.07) is 7.61. The third kappa shape index (κ3) is 2.55. The highest BCUT2D eigenvalue weighted by molar-refractivity contribution is 5.21. The Morgan fingerprint density at radius 3 is 2.53 bits per heavy atom. The summed E-state index contributed by atoms with van der Waals surface area (Å²) < 4.78 is 12.8. The van der Waals surface area contributed by atoms with E-state index in [0.29, 0.717) is 6.04 Å². The lowest BCUT2D eigenvalue weighted by Crippen LogP contribution is -2.44. The monoisotopic (exact) mass is 208 g/mol. The van der Waals surface area contributed by atoms with Crippen molar-refractivity contribution in [1.29, 1.82) is 0 Å². The van der Waals surface area contributed by atoms with Gasteiger partial charge < -0.3 is 11.1 Å². The molecule has 15 heavy (non-hydrogen) atoms. The fraction of sp³-hybridized carbons (Fsp3) is 0.500. The van der Waals surface area contributed by atoms with Gasteiger partial charge in [0.05, 0.1) is 0 Å². The molecule has 82 valence electrons. The van der Waals surface area contributed by atoms with Gasteiger partial charge in [0.25, 0.3) is 0 Å². The van der Waals surface area contributed by atoms with Gasteiger partial charge in [0.2, 0.25) is 0 Å². The van der Waals surface area contributed by atoms with Crippen molar-refractivity contribution >= 4 is 0 Å². The quantitative estimate of drug-likeness (QED) is 0.740. The number of halogens is 1. The minimum absolute atomic E-state index is 0.188. The van der Waals surface area contributed by atoms with E-state index in [0.717, 1.165) is 18.4 Å². The number of rotatable bonds is 1. The van der Waals surface area contributed by atoms with E-state index in [1.807, 2.05) is 12.1 Å². The first-order valence-corrected chi connectivity index (χ1v) is 5.42. The summed E-state index contributed by atoms with van der Waals surface area (Å²) in [5, 5.41) is 3.48. The summed E-state index contributed by atoms with van der Waals surface area (Å²) >= 11 is 0. The van der Waals surface area contributed by atoms with Crippen LogP contribution in [0, 0.1) is 5.82 Å². The van der Waals surface area contributed by atoms with Crippen LogP contribution in [0.1, 0.15) is 31.4 Å². The van der Waals surface area contributed by atoms with Crippen LogP contribution in [0.25, 0.3) is 0 Å². The van der Waals surface area contributed by atoms with Crippen molar-refractivity contribution in [3.05, 3.63) is 35.6 Å². The Labute approximate surface area is 89.7 Å². The van der Waals surface area contributed by atoms with E-state index in [1.54, 1.807) is 0 Å². The largest absolute Gasteiger partial charge is 0.328 e. The van der Waals surface area contributed by atoms with Crippen LogP contribution in [0.4, 0.5) is 4.39 Å². The van der Waals surface area contributed by atoms with E-state index in [4.69, 9.17) is 5.73 Å². The standard InChI is InChI=1S/C12H17FN2/c1-8-6-11(14)7-12(15-8)9-2-4-10(13)5-3-9/h2-5,8,11-12,15H,6-7,14H2,1H3/t8-,11-,12-/m0/s1. The van der Waals surface area contributed by atoms with Crippen LogP contribution in [-0.2, 0) is 0 Å². The Balaban J connectivity index is 2.12. The van der Waals surface area contributed by atoms with Crippen molar-refractivity contribution in [2.75, 3.05) is 0 Å². The molecule has 1 heterocycles. The van der Waals surface area contributed by atoms with E-state index in [-0.39, 0.29) is 17.9 Å². The molecule has 0 radical (unpaired) electrons. The summed E-state index contributed by atoms with van der Waals surface area (Å²) in [4.78, 5) is 0. The van der Waals surface area contributed by atoms with Gasteiger partial charge in [-0.25, -0.2) is 4.39 Å². The average molecular weight is 208 g/mol. The number of piperidine rings is 1. The summed E-state index contributed by atoms with van der Waals surface area (Å²) in [5.41, 5.74) is 7.09. The summed E-state index contributed by atoms with van der Waals surface area (Å²) in [7, 11) is 0. The normalized spacial score (nSPS) is 31.5. The molecular weight excluding hydrogens is 191 g/mol. The topological polar surface area (TPSA) is 38.0 Å². The van der Waals surface area contributed by atoms with Gasteiger partial charge in [0.15, 0.2) is 0 Å². The van der Waals surface area contributed by atoms with Gasteiger partial charge in [-0.05, 0) is 37.5 Å². The van der Waals surface area contributed by atoms with Crippen LogP contribution in [0.3, 0.4) is 0 Å². The SMILES string of the molecule is C[C@H]1C[C@H](N)C[C@@H](c2ccc(F)cc2)N1. The van der Waals surface area contributed by atoms with Gasteiger partial charge in [0, 0.05) is 18.1 Å². The summed E-state index contributed by atoms with van der Waals surface area (Å²) in [6.45, 7) is 2.13. The van der Waals surface area contributed by atoms with Gasteiger partial charge in [-0.2, -0.15) is 0 Å². The van der Waals surface area contributed by atoms with Crippen molar-refractivity contribution in [1.82, 2.24) is 5.32 Å². The molecule has 1 fully saturated rings. The molecule has 0 bridgehead atoms. The first kappa shape index (κ1) is 10.6. The zero-order chi connectivity index (χ0) is 10.8. The average Bonchev–Trinajstić information content (AvgIpc) is 2.17. The molecule has 2 rings (SSSR count). The molecule has 0 aromatic heterocycles. The molecule has 0 amide bonds. The van der Waals surface area contributed by atoms with Crippen LogP contribution in [-0.4, -0.2) is 12.1 Å². The zero-order valence-corrected chi connectivity index (χ0v) is 8.91. The van der Waals surface area contributed by atoms with Crippen LogP contribution in [0.15, 0.2) is 24.3 Å². The highest BCUT2D eigenvalue weighted by atomic mass is 19.1. The molecule has 0 unspecified atom stereocenters. The third-order valence-electron chi connectivity index (χ3n) is 2.95. The minimum atomic E-state index is -0.188. The molecule has 3 heteroatoms. The van der Waals surface area contributed by atoms with Gasteiger partial charge >= 0.3 is 0 Å². The van der Waals surface area contributed by atoms with E-state index in [9.17, 15) is 4.39 Å². The second-order valence-corrected chi connectivity index (χ2v) is 4.40. The van der Waals surface area contributed by atoms with Crippen molar-refractivity contribution < 1.29 is 4.39 Å². The van der Waals surface area contributed by atoms with Crippen molar-refractivity contribution in [2.45, 2.75) is 37.9 Å². The summed E-state index contributed by atoms with van der Waals surface area (Å²) in [6.07, 6.45) is 1.94.